The zero-order valence-electron chi connectivity index (χ0n) is 10.8. The van der Waals surface area contributed by atoms with E-state index in [-0.39, 0.29) is 18.6 Å². The van der Waals surface area contributed by atoms with E-state index < -0.39 is 6.42 Å². The molecule has 100 valence electrons. The average Bonchev–Trinajstić information content (AvgIpc) is 2.26. The molecule has 0 aromatic heterocycles. The van der Waals surface area contributed by atoms with Crippen molar-refractivity contribution in [3.8, 4) is 5.75 Å². The minimum Gasteiger partial charge on any atom is -0.462 e. The minimum atomic E-state index is -2.23. The average molecular weight is 287 g/mol. The number of benzene rings is 1. The SMILES string of the molecule is CC(C)OC(=O)CNP(C)(=S)Oc1ccccc1. The van der Waals surface area contributed by atoms with Crippen LogP contribution in [0.15, 0.2) is 30.3 Å². The van der Waals surface area contributed by atoms with Crippen LogP contribution >= 0.6 is 6.42 Å². The fourth-order valence-corrected chi connectivity index (χ4v) is 2.68. The Kier molecular flexibility index (Phi) is 5.79. The highest BCUT2D eigenvalue weighted by Crippen LogP contribution is 2.38. The molecule has 1 atom stereocenters. The number of nitrogens with one attached hydrogen (secondary N) is 1. The Morgan fingerprint density at radius 1 is 1.39 bits per heavy atom. The van der Waals surface area contributed by atoms with Crippen LogP contribution in [0.5, 0.6) is 5.75 Å². The molecule has 1 N–H and O–H groups in total. The maximum Gasteiger partial charge on any atom is 0.320 e. The van der Waals surface area contributed by atoms with Gasteiger partial charge in [0.15, 0.2) is 6.42 Å². The Morgan fingerprint density at radius 3 is 2.56 bits per heavy atom. The van der Waals surface area contributed by atoms with Gasteiger partial charge in [0.2, 0.25) is 0 Å². The van der Waals surface area contributed by atoms with Crippen LogP contribution in [0.25, 0.3) is 0 Å². The van der Waals surface area contributed by atoms with Crippen molar-refractivity contribution in [2.45, 2.75) is 20.0 Å². The lowest BCUT2D eigenvalue weighted by atomic mass is 10.3. The van der Waals surface area contributed by atoms with E-state index in [2.05, 4.69) is 5.09 Å². The molecule has 1 aromatic carbocycles. The van der Waals surface area contributed by atoms with Gasteiger partial charge in [-0.3, -0.25) is 4.79 Å². The molecule has 4 nitrogen and oxygen atoms in total. The molecule has 0 fully saturated rings. The standard InChI is InChI=1S/C12H18NO3PS/c1-10(2)15-12(14)9-13-17(3,18)16-11-7-5-4-6-8-11/h4-8,10H,9H2,1-3H3,(H,13,18). The maximum atomic E-state index is 11.4. The summed E-state index contributed by atoms with van der Waals surface area (Å²) in [5, 5.41) is 2.94. The van der Waals surface area contributed by atoms with E-state index in [0.717, 1.165) is 0 Å². The van der Waals surface area contributed by atoms with Crippen LogP contribution < -0.4 is 9.61 Å². The fraction of sp³-hybridized carbons (Fsp3) is 0.417. The molecule has 0 amide bonds. The normalized spacial score (nSPS) is 14.0. The van der Waals surface area contributed by atoms with E-state index in [1.165, 1.54) is 0 Å². The summed E-state index contributed by atoms with van der Waals surface area (Å²) in [4.78, 5) is 11.4. The van der Waals surface area contributed by atoms with Crippen LogP contribution in [0.2, 0.25) is 0 Å². The molecule has 18 heavy (non-hydrogen) atoms. The number of carbonyl (C=O) groups is 1. The molecular formula is C12H18NO3PS. The molecule has 0 aliphatic carbocycles. The van der Waals surface area contributed by atoms with Crippen molar-refractivity contribution in [3.63, 3.8) is 0 Å². The zero-order chi connectivity index (χ0) is 13.6. The highest BCUT2D eigenvalue weighted by atomic mass is 32.4. The first-order valence-electron chi connectivity index (χ1n) is 5.66. The summed E-state index contributed by atoms with van der Waals surface area (Å²) >= 11 is 5.33. The molecule has 0 saturated carbocycles. The highest BCUT2D eigenvalue weighted by molar-refractivity contribution is 8.11. The first-order valence-corrected chi connectivity index (χ1v) is 8.82. The maximum absolute atomic E-state index is 11.4. The van der Waals surface area contributed by atoms with Gasteiger partial charge in [0, 0.05) is 6.66 Å². The summed E-state index contributed by atoms with van der Waals surface area (Å²) < 4.78 is 10.7. The van der Waals surface area contributed by atoms with Gasteiger partial charge in [0.25, 0.3) is 0 Å². The Hall–Kier alpha value is -0.900. The van der Waals surface area contributed by atoms with Crippen molar-refractivity contribution in [1.82, 2.24) is 5.09 Å². The van der Waals surface area contributed by atoms with Crippen LogP contribution in [-0.4, -0.2) is 25.3 Å². The van der Waals surface area contributed by atoms with Gasteiger partial charge < -0.3 is 9.26 Å². The molecule has 1 rings (SSSR count). The highest BCUT2D eigenvalue weighted by Gasteiger charge is 2.14. The molecule has 1 aromatic rings. The quantitative estimate of drug-likeness (QED) is 0.643. The third-order valence-corrected chi connectivity index (χ3v) is 3.80. The lowest BCUT2D eigenvalue weighted by Crippen LogP contribution is -2.25. The second-order valence-corrected chi connectivity index (χ2v) is 8.40. The van der Waals surface area contributed by atoms with Crippen molar-refractivity contribution < 1.29 is 14.1 Å². The molecule has 1 unspecified atom stereocenters. The summed E-state index contributed by atoms with van der Waals surface area (Å²) in [6.07, 6.45) is -2.35. The molecule has 6 heteroatoms. The lowest BCUT2D eigenvalue weighted by Gasteiger charge is -2.20. The van der Waals surface area contributed by atoms with Crippen molar-refractivity contribution in [3.05, 3.63) is 30.3 Å². The molecule has 0 aliphatic heterocycles. The van der Waals surface area contributed by atoms with Gasteiger partial charge in [0.1, 0.15) is 12.3 Å². The monoisotopic (exact) mass is 287 g/mol. The number of rotatable bonds is 6. The van der Waals surface area contributed by atoms with Crippen LogP contribution in [0.3, 0.4) is 0 Å². The second-order valence-electron chi connectivity index (χ2n) is 4.12. The molecule has 0 bridgehead atoms. The molecular weight excluding hydrogens is 269 g/mol. The van der Waals surface area contributed by atoms with Crippen LogP contribution in [0.1, 0.15) is 13.8 Å². The van der Waals surface area contributed by atoms with Gasteiger partial charge in [-0.05, 0) is 37.8 Å². The van der Waals surface area contributed by atoms with Crippen LogP contribution in [0, 0.1) is 0 Å². The molecule has 0 radical (unpaired) electrons. The molecule has 0 spiro atoms. The van der Waals surface area contributed by atoms with Crippen molar-refractivity contribution in [1.29, 1.82) is 0 Å². The smallest absolute Gasteiger partial charge is 0.320 e. The summed E-state index contributed by atoms with van der Waals surface area (Å²) in [6, 6.07) is 9.31. The van der Waals surface area contributed by atoms with Crippen molar-refractivity contribution >= 4 is 24.2 Å². The van der Waals surface area contributed by atoms with Gasteiger partial charge in [-0.15, -0.1) is 0 Å². The Labute approximate surface area is 113 Å². The van der Waals surface area contributed by atoms with Crippen molar-refractivity contribution in [2.24, 2.45) is 0 Å². The summed E-state index contributed by atoms with van der Waals surface area (Å²) in [5.74, 6) is 0.380. The summed E-state index contributed by atoms with van der Waals surface area (Å²) in [6.45, 7) is 5.47. The topological polar surface area (TPSA) is 47.6 Å². The predicted octanol–water partition coefficient (Wildman–Crippen LogP) is 2.55. The van der Waals surface area contributed by atoms with Gasteiger partial charge >= 0.3 is 5.97 Å². The van der Waals surface area contributed by atoms with Crippen molar-refractivity contribution in [2.75, 3.05) is 13.2 Å². The van der Waals surface area contributed by atoms with Gasteiger partial charge in [-0.25, -0.2) is 5.09 Å². The van der Waals surface area contributed by atoms with E-state index in [9.17, 15) is 4.79 Å². The largest absolute Gasteiger partial charge is 0.462 e. The first kappa shape index (κ1) is 15.2. The number of esters is 1. The number of carbonyl (C=O) groups excluding carboxylic acids is 1. The number of hydrogen-bond acceptors (Lipinski definition) is 4. The van der Waals surface area contributed by atoms with Crippen LogP contribution in [0.4, 0.5) is 0 Å². The Balaban J connectivity index is 2.45. The Bertz CT molecular complexity index is 436. The molecule has 0 heterocycles. The molecule has 0 saturated heterocycles. The Morgan fingerprint density at radius 2 is 2.00 bits per heavy atom. The van der Waals surface area contributed by atoms with E-state index in [1.807, 2.05) is 30.3 Å². The summed E-state index contributed by atoms with van der Waals surface area (Å²) in [5.41, 5.74) is 0. The predicted molar refractivity (Wildman–Crippen MR) is 76.5 cm³/mol. The van der Waals surface area contributed by atoms with E-state index in [1.54, 1.807) is 20.5 Å². The second kappa shape index (κ2) is 6.88. The van der Waals surface area contributed by atoms with E-state index >= 15 is 0 Å². The molecule has 0 aliphatic rings. The van der Waals surface area contributed by atoms with Gasteiger partial charge in [-0.2, -0.15) is 0 Å². The summed E-state index contributed by atoms with van der Waals surface area (Å²) in [7, 11) is 0. The van der Waals surface area contributed by atoms with E-state index in [4.69, 9.17) is 21.1 Å². The zero-order valence-corrected chi connectivity index (χ0v) is 12.5. The van der Waals surface area contributed by atoms with E-state index in [0.29, 0.717) is 5.75 Å². The number of ether oxygens (including phenoxy) is 1. The third-order valence-electron chi connectivity index (χ3n) is 1.90. The third kappa shape index (κ3) is 6.15. The lowest BCUT2D eigenvalue weighted by molar-refractivity contribution is -0.145. The number of hydrogen-bond donors (Lipinski definition) is 1. The first-order chi connectivity index (χ1) is 8.39. The van der Waals surface area contributed by atoms with Crippen LogP contribution in [-0.2, 0) is 21.3 Å². The van der Waals surface area contributed by atoms with Gasteiger partial charge in [0.05, 0.1) is 6.10 Å². The number of para-hydroxylation sites is 1. The minimum absolute atomic E-state index is 0.0682. The van der Waals surface area contributed by atoms with Gasteiger partial charge in [-0.1, -0.05) is 18.2 Å². The fourth-order valence-electron chi connectivity index (χ4n) is 1.23.